The van der Waals surface area contributed by atoms with Gasteiger partial charge in [-0.3, -0.25) is 4.79 Å². The summed E-state index contributed by atoms with van der Waals surface area (Å²) in [6.45, 7) is 5.39. The minimum absolute atomic E-state index is 0.300. The van der Waals surface area contributed by atoms with Crippen molar-refractivity contribution in [2.24, 2.45) is 7.05 Å². The fraction of sp³-hybridized carbons (Fsp3) is 0.435. The molecule has 2 amide bonds. The number of rotatable bonds is 5. The van der Waals surface area contributed by atoms with Crippen molar-refractivity contribution < 1.29 is 14.3 Å². The Morgan fingerprint density at radius 2 is 2.03 bits per heavy atom. The molecule has 0 radical (unpaired) electrons. The molecule has 8 heteroatoms. The van der Waals surface area contributed by atoms with Crippen LogP contribution in [0.3, 0.4) is 0 Å². The van der Waals surface area contributed by atoms with Gasteiger partial charge in [-0.05, 0) is 51.7 Å². The molecule has 4 rings (SSSR count). The molecule has 0 bridgehead atoms. The molecule has 2 heterocycles. The summed E-state index contributed by atoms with van der Waals surface area (Å²) in [5.74, 6) is -0.300. The molecule has 1 atom stereocenters. The smallest absolute Gasteiger partial charge is 0.408 e. The average molecular weight is 441 g/mol. The van der Waals surface area contributed by atoms with E-state index in [0.717, 1.165) is 41.4 Å². The molecule has 0 saturated carbocycles. The molecular weight excluding hydrogens is 412 g/mol. The number of aromatic nitrogens is 2. The Balaban J connectivity index is 1.56. The number of carbonyl (C=O) groups excluding carboxylic acids is 2. The zero-order chi connectivity index (χ0) is 22.2. The quantitative estimate of drug-likeness (QED) is 0.623. The first kappa shape index (κ1) is 21.4. The third kappa shape index (κ3) is 4.90. The van der Waals surface area contributed by atoms with Crippen LogP contribution < -0.4 is 10.6 Å². The Labute approximate surface area is 185 Å². The number of fused-ring (bicyclic) bond motifs is 2. The van der Waals surface area contributed by atoms with E-state index in [9.17, 15) is 9.59 Å². The van der Waals surface area contributed by atoms with E-state index in [0.29, 0.717) is 11.6 Å². The summed E-state index contributed by atoms with van der Waals surface area (Å²) < 4.78 is 7.43. The highest BCUT2D eigenvalue weighted by atomic mass is 32.1. The second-order valence-corrected chi connectivity index (χ2v) is 10.0. The van der Waals surface area contributed by atoms with E-state index in [-0.39, 0.29) is 5.91 Å². The van der Waals surface area contributed by atoms with Gasteiger partial charge in [0.25, 0.3) is 0 Å². The number of hydrogen-bond acceptors (Lipinski definition) is 5. The van der Waals surface area contributed by atoms with E-state index in [2.05, 4.69) is 15.6 Å². The lowest BCUT2D eigenvalue weighted by atomic mass is 10.0. The van der Waals surface area contributed by atoms with Crippen molar-refractivity contribution in [1.29, 1.82) is 0 Å². The molecule has 2 aromatic heterocycles. The fourth-order valence-corrected chi connectivity index (χ4v) is 4.96. The van der Waals surface area contributed by atoms with Gasteiger partial charge in [0.2, 0.25) is 5.91 Å². The number of anilines is 1. The van der Waals surface area contributed by atoms with Crippen LogP contribution in [0.5, 0.6) is 0 Å². The van der Waals surface area contributed by atoms with Gasteiger partial charge in [-0.25, -0.2) is 9.78 Å². The largest absolute Gasteiger partial charge is 0.444 e. The molecule has 3 aromatic rings. The number of carbonyl (C=O) groups is 2. The number of nitrogens with zero attached hydrogens (tertiary/aromatic N) is 2. The molecule has 1 aliphatic carbocycles. The van der Waals surface area contributed by atoms with Gasteiger partial charge in [0.05, 0.1) is 5.69 Å². The number of alkyl carbamates (subject to hydrolysis) is 1. The molecule has 7 nitrogen and oxygen atoms in total. The second kappa shape index (κ2) is 8.34. The maximum absolute atomic E-state index is 13.2. The number of hydrogen-bond donors (Lipinski definition) is 2. The van der Waals surface area contributed by atoms with Gasteiger partial charge in [0.15, 0.2) is 5.13 Å². The number of ether oxygens (including phenoxy) is 1. The Morgan fingerprint density at radius 3 is 2.77 bits per heavy atom. The van der Waals surface area contributed by atoms with Crippen LogP contribution in [0.1, 0.15) is 43.3 Å². The van der Waals surface area contributed by atoms with E-state index in [1.165, 1.54) is 16.2 Å². The molecule has 164 valence electrons. The Morgan fingerprint density at radius 1 is 1.26 bits per heavy atom. The standard InChI is InChI=1S/C23H28N4O3S/c1-23(2,3)30-22(29)25-17(12-14-13-27(4)18-10-6-5-8-15(14)18)20(28)26-21-24-16-9-7-11-19(16)31-21/h5-6,8,10,13,17H,7,9,11-12H2,1-4H3,(H,25,29)(H,24,26,28). The summed E-state index contributed by atoms with van der Waals surface area (Å²) in [5.41, 5.74) is 2.48. The molecule has 2 N–H and O–H groups in total. The first-order valence-corrected chi connectivity index (χ1v) is 11.3. The third-order valence-electron chi connectivity index (χ3n) is 5.24. The molecule has 0 aliphatic heterocycles. The lowest BCUT2D eigenvalue weighted by molar-refractivity contribution is -0.118. The summed E-state index contributed by atoms with van der Waals surface area (Å²) >= 11 is 1.52. The predicted octanol–water partition coefficient (Wildman–Crippen LogP) is 4.20. The minimum Gasteiger partial charge on any atom is -0.444 e. The van der Waals surface area contributed by atoms with E-state index < -0.39 is 17.7 Å². The summed E-state index contributed by atoms with van der Waals surface area (Å²) in [4.78, 5) is 31.4. The van der Waals surface area contributed by atoms with Crippen LogP contribution in [0.4, 0.5) is 9.93 Å². The Kier molecular flexibility index (Phi) is 5.75. The Bertz CT molecular complexity index is 1100. The molecule has 0 saturated heterocycles. The van der Waals surface area contributed by atoms with Crippen molar-refractivity contribution >= 4 is 39.4 Å². The van der Waals surface area contributed by atoms with Crippen molar-refractivity contribution in [3.05, 3.63) is 46.6 Å². The number of thiazole rings is 1. The average Bonchev–Trinajstić information content (AvgIpc) is 3.34. The highest BCUT2D eigenvalue weighted by molar-refractivity contribution is 7.15. The fourth-order valence-electron chi connectivity index (χ4n) is 3.90. The molecular formula is C23H28N4O3S. The van der Waals surface area contributed by atoms with Gasteiger partial charge < -0.3 is 19.9 Å². The van der Waals surface area contributed by atoms with Crippen LogP contribution in [-0.2, 0) is 35.8 Å². The number of para-hydroxylation sites is 1. The van der Waals surface area contributed by atoms with Crippen molar-refractivity contribution in [2.45, 2.75) is 58.1 Å². The molecule has 1 aliphatic rings. The number of nitrogens with one attached hydrogen (secondary N) is 2. The van der Waals surface area contributed by atoms with Crippen LogP contribution in [0.25, 0.3) is 10.9 Å². The van der Waals surface area contributed by atoms with E-state index in [1.54, 1.807) is 20.8 Å². The van der Waals surface area contributed by atoms with Crippen molar-refractivity contribution in [3.8, 4) is 0 Å². The lowest BCUT2D eigenvalue weighted by Gasteiger charge is -2.23. The summed E-state index contributed by atoms with van der Waals surface area (Å²) in [5, 5.41) is 7.31. The lowest BCUT2D eigenvalue weighted by Crippen LogP contribution is -2.47. The van der Waals surface area contributed by atoms with Crippen LogP contribution in [-0.4, -0.2) is 33.2 Å². The van der Waals surface area contributed by atoms with Crippen LogP contribution in [0, 0.1) is 0 Å². The van der Waals surface area contributed by atoms with Crippen LogP contribution in [0.2, 0.25) is 0 Å². The maximum Gasteiger partial charge on any atom is 0.408 e. The van der Waals surface area contributed by atoms with Gasteiger partial charge in [-0.1, -0.05) is 18.2 Å². The SMILES string of the molecule is Cn1cc(CC(NC(=O)OC(C)(C)C)C(=O)Nc2nc3c(s2)CCC3)c2ccccc21. The monoisotopic (exact) mass is 440 g/mol. The third-order valence-corrected chi connectivity index (χ3v) is 6.31. The molecule has 1 aromatic carbocycles. The normalized spacial score (nSPS) is 14.3. The first-order valence-electron chi connectivity index (χ1n) is 10.5. The second-order valence-electron chi connectivity index (χ2n) is 8.92. The molecule has 31 heavy (non-hydrogen) atoms. The summed E-state index contributed by atoms with van der Waals surface area (Å²) in [7, 11) is 1.97. The van der Waals surface area contributed by atoms with Gasteiger partial charge in [0.1, 0.15) is 11.6 Å². The zero-order valence-corrected chi connectivity index (χ0v) is 19.1. The maximum atomic E-state index is 13.2. The number of aryl methyl sites for hydroxylation is 3. The first-order chi connectivity index (χ1) is 14.7. The van der Waals surface area contributed by atoms with E-state index in [4.69, 9.17) is 4.74 Å². The van der Waals surface area contributed by atoms with Crippen LogP contribution in [0.15, 0.2) is 30.5 Å². The minimum atomic E-state index is -0.792. The van der Waals surface area contributed by atoms with Gasteiger partial charge >= 0.3 is 6.09 Å². The molecule has 0 fully saturated rings. The van der Waals surface area contributed by atoms with Gasteiger partial charge in [-0.15, -0.1) is 11.3 Å². The zero-order valence-electron chi connectivity index (χ0n) is 18.3. The van der Waals surface area contributed by atoms with E-state index in [1.807, 2.05) is 42.1 Å². The van der Waals surface area contributed by atoms with Crippen molar-refractivity contribution in [1.82, 2.24) is 14.9 Å². The summed E-state index contributed by atoms with van der Waals surface area (Å²) in [6.07, 6.45) is 4.81. The summed E-state index contributed by atoms with van der Waals surface area (Å²) in [6, 6.07) is 7.22. The number of benzene rings is 1. The predicted molar refractivity (Wildman–Crippen MR) is 123 cm³/mol. The number of amides is 2. The molecule has 1 unspecified atom stereocenters. The van der Waals surface area contributed by atoms with Crippen molar-refractivity contribution in [3.63, 3.8) is 0 Å². The van der Waals surface area contributed by atoms with Crippen molar-refractivity contribution in [2.75, 3.05) is 5.32 Å². The van der Waals surface area contributed by atoms with Gasteiger partial charge in [-0.2, -0.15) is 0 Å². The van der Waals surface area contributed by atoms with Gasteiger partial charge in [0, 0.05) is 35.4 Å². The van der Waals surface area contributed by atoms with E-state index >= 15 is 0 Å². The van der Waals surface area contributed by atoms with Crippen LogP contribution >= 0.6 is 11.3 Å². The topological polar surface area (TPSA) is 85.2 Å². The highest BCUT2D eigenvalue weighted by Gasteiger charge is 2.27. The Hall–Kier alpha value is -2.87. The molecule has 0 spiro atoms. The highest BCUT2D eigenvalue weighted by Crippen LogP contribution is 2.30.